The second kappa shape index (κ2) is 15.4. The first kappa shape index (κ1) is 25.1. The van der Waals surface area contributed by atoms with E-state index in [-0.39, 0.29) is 29.4 Å². The monoisotopic (exact) mass is 374 g/mol. The molecule has 0 bridgehead atoms. The number of hydrogen-bond donors (Lipinski definition) is 0. The topological polar surface area (TPSA) is 66.0 Å². The van der Waals surface area contributed by atoms with Crippen LogP contribution in [0.5, 0.6) is 0 Å². The predicted molar refractivity (Wildman–Crippen MR) is 104 cm³/mol. The summed E-state index contributed by atoms with van der Waals surface area (Å²) in [6.45, 7) is 16.3. The Hall–Kier alpha value is -1.11. The molecule has 24 heavy (non-hydrogen) atoms. The molecule has 0 N–H and O–H groups in total. The lowest BCUT2D eigenvalue weighted by Crippen LogP contribution is -1.95. The van der Waals surface area contributed by atoms with Crippen LogP contribution in [-0.4, -0.2) is 51.3 Å². The maximum Gasteiger partial charge on any atom is 0.269 e. The average Bonchev–Trinajstić information content (AvgIpc) is 2.48. The molecular weight excluding hydrogens is 346 g/mol. The molecule has 0 heterocycles. The third-order valence-corrected chi connectivity index (χ3v) is 3.84. The van der Waals surface area contributed by atoms with Crippen LogP contribution in [-0.2, 0) is 15.5 Å². The minimum absolute atomic E-state index is 0. The largest absolute Gasteiger partial charge is 0.359 e. The van der Waals surface area contributed by atoms with Gasteiger partial charge in [0, 0.05) is 28.4 Å². The fourth-order valence-electron chi connectivity index (χ4n) is 1.40. The Morgan fingerprint density at radius 3 is 2.00 bits per heavy atom. The number of nitro groups is 1. The van der Waals surface area contributed by atoms with E-state index in [1.54, 1.807) is 12.1 Å². The Morgan fingerprint density at radius 2 is 1.58 bits per heavy atom. The van der Waals surface area contributed by atoms with Crippen LogP contribution >= 0.6 is 16.3 Å². The van der Waals surface area contributed by atoms with E-state index in [1.165, 1.54) is 12.1 Å². The summed E-state index contributed by atoms with van der Waals surface area (Å²) >= 11 is 0. The van der Waals surface area contributed by atoms with Gasteiger partial charge in [-0.1, -0.05) is 19.6 Å². The first-order valence-corrected chi connectivity index (χ1v) is 11.3. The van der Waals surface area contributed by atoms with Crippen molar-refractivity contribution >= 4 is 22.0 Å². The van der Waals surface area contributed by atoms with Gasteiger partial charge in [0.1, 0.15) is 6.61 Å². The smallest absolute Gasteiger partial charge is 0.269 e. The maximum atomic E-state index is 10.4. The van der Waals surface area contributed by atoms with Gasteiger partial charge in [-0.3, -0.25) is 10.1 Å². The van der Waals surface area contributed by atoms with E-state index in [9.17, 15) is 10.1 Å². The molecule has 0 aliphatic carbocycles. The van der Waals surface area contributed by atoms with Crippen molar-refractivity contribution in [3.05, 3.63) is 51.4 Å². The van der Waals surface area contributed by atoms with Crippen molar-refractivity contribution in [3.63, 3.8) is 0 Å². The fourth-order valence-corrected chi connectivity index (χ4v) is 2.30. The molecule has 1 aromatic carbocycles. The molecule has 1 rings (SSSR count). The van der Waals surface area contributed by atoms with Gasteiger partial charge in [0.2, 0.25) is 6.54 Å². The van der Waals surface area contributed by atoms with Crippen LogP contribution in [0.3, 0.4) is 0 Å². The van der Waals surface area contributed by atoms with Crippen LogP contribution in [0.2, 0.25) is 0 Å². The summed E-state index contributed by atoms with van der Waals surface area (Å²) in [4.78, 5) is 13.2. The number of benzene rings is 1. The minimum Gasteiger partial charge on any atom is -0.359 e. The lowest BCUT2D eigenvalue weighted by atomic mass is 10.1. The van der Waals surface area contributed by atoms with E-state index in [2.05, 4.69) is 4.85 Å². The maximum absolute atomic E-state index is 10.4. The first-order chi connectivity index (χ1) is 10.9. The van der Waals surface area contributed by atoms with Gasteiger partial charge < -0.3 is 13.9 Å². The second-order valence-corrected chi connectivity index (χ2v) is 8.61. The van der Waals surface area contributed by atoms with Gasteiger partial charge in [-0.15, -0.1) is 0 Å². The summed E-state index contributed by atoms with van der Waals surface area (Å²) in [6.07, 6.45) is 0.804. The normalized spacial score (nSPS) is 9.71. The van der Waals surface area contributed by atoms with Crippen LogP contribution in [0, 0.1) is 16.7 Å². The van der Waals surface area contributed by atoms with Gasteiger partial charge in [0.05, 0.1) is 11.5 Å². The molecule has 136 valence electrons. The number of hydrogen-bond acceptors (Lipinski definition) is 4. The van der Waals surface area contributed by atoms with Gasteiger partial charge >= 0.3 is 0 Å². The number of rotatable bonds is 8. The molecule has 0 spiro atoms. The van der Waals surface area contributed by atoms with E-state index in [4.69, 9.17) is 15.6 Å². The molecule has 0 aromatic heterocycles. The Bertz CT molecular complexity index is 488. The van der Waals surface area contributed by atoms with E-state index in [0.717, 1.165) is 12.0 Å². The summed E-state index contributed by atoms with van der Waals surface area (Å²) in [7, 11) is -0.577. The van der Waals surface area contributed by atoms with Gasteiger partial charge in [-0.05, 0) is 38.6 Å². The molecule has 0 atom stereocenters. The third kappa shape index (κ3) is 14.5. The van der Waals surface area contributed by atoms with Crippen LogP contribution in [0.1, 0.15) is 13.0 Å². The average molecular weight is 374 g/mol. The summed E-state index contributed by atoms with van der Waals surface area (Å²) in [5.41, 5.74) is 1.20. The molecule has 0 amide bonds. The van der Waals surface area contributed by atoms with Crippen molar-refractivity contribution in [3.8, 4) is 0 Å². The minimum atomic E-state index is -0.391. The van der Waals surface area contributed by atoms with Crippen LogP contribution in [0.15, 0.2) is 24.3 Å². The molecular formula is C16H28N2O4P2. The molecule has 0 fully saturated rings. The summed E-state index contributed by atoms with van der Waals surface area (Å²) in [6, 6.07) is 6.59. The van der Waals surface area contributed by atoms with Crippen LogP contribution in [0.25, 0.3) is 4.85 Å². The molecule has 0 radical (unpaired) electrons. The lowest BCUT2D eigenvalue weighted by Gasteiger charge is -2.06. The zero-order valence-corrected chi connectivity index (χ0v) is 15.8. The number of nitro benzene ring substituents is 1. The quantitative estimate of drug-likeness (QED) is 0.211. The highest BCUT2D eigenvalue weighted by Crippen LogP contribution is 2.26. The predicted octanol–water partition coefficient (Wildman–Crippen LogP) is 5.03. The Labute approximate surface area is 148 Å². The summed E-state index contributed by atoms with van der Waals surface area (Å²) in [5.74, 6) is 0. The zero-order chi connectivity index (χ0) is 17.7. The van der Waals surface area contributed by atoms with Gasteiger partial charge in [-0.25, -0.2) is 6.57 Å². The number of nitrogens with zero attached hydrogens (tertiary/aromatic N) is 2. The van der Waals surface area contributed by atoms with Crippen molar-refractivity contribution in [2.24, 2.45) is 0 Å². The molecule has 1 aromatic rings. The first-order valence-electron chi connectivity index (χ1n) is 7.03. The molecule has 0 saturated heterocycles. The summed E-state index contributed by atoms with van der Waals surface area (Å²) < 4.78 is 10.6. The molecule has 0 saturated carbocycles. The van der Waals surface area contributed by atoms with E-state index in [1.807, 2.05) is 26.7 Å². The molecule has 6 nitrogen and oxygen atoms in total. The molecule has 0 unspecified atom stereocenters. The molecule has 0 aliphatic rings. The van der Waals surface area contributed by atoms with Crippen molar-refractivity contribution in [2.75, 3.05) is 46.4 Å². The van der Waals surface area contributed by atoms with Crippen molar-refractivity contribution < 1.29 is 14.0 Å². The Kier molecular flexibility index (Phi) is 16.1. The number of non-ortho nitro benzene ring substituents is 1. The van der Waals surface area contributed by atoms with Gasteiger partial charge in [0.15, 0.2) is 0 Å². The van der Waals surface area contributed by atoms with Crippen molar-refractivity contribution in [1.82, 2.24) is 0 Å². The highest BCUT2D eigenvalue weighted by Gasteiger charge is 2.03. The van der Waals surface area contributed by atoms with Crippen molar-refractivity contribution in [1.29, 1.82) is 0 Å². The van der Waals surface area contributed by atoms with Crippen LogP contribution < -0.4 is 0 Å². The highest BCUT2D eigenvalue weighted by molar-refractivity contribution is 7.51. The van der Waals surface area contributed by atoms with E-state index >= 15 is 0 Å². The summed E-state index contributed by atoms with van der Waals surface area (Å²) in [5, 5.41) is 10.4. The second-order valence-electron chi connectivity index (χ2n) is 4.85. The van der Waals surface area contributed by atoms with E-state index in [0.29, 0.717) is 19.8 Å². The Morgan fingerprint density at radius 1 is 1.08 bits per heavy atom. The highest BCUT2D eigenvalue weighted by atomic mass is 31.1. The molecule has 8 heteroatoms. The Balaban J connectivity index is 0. The van der Waals surface area contributed by atoms with E-state index < -0.39 is 4.92 Å². The third-order valence-electron chi connectivity index (χ3n) is 2.44. The van der Waals surface area contributed by atoms with Crippen LogP contribution in [0.4, 0.5) is 5.69 Å². The van der Waals surface area contributed by atoms with Crippen molar-refractivity contribution in [2.45, 2.75) is 13.8 Å². The van der Waals surface area contributed by atoms with Gasteiger partial charge in [0.25, 0.3) is 5.69 Å². The lowest BCUT2D eigenvalue weighted by molar-refractivity contribution is -0.384. The van der Waals surface area contributed by atoms with Gasteiger partial charge in [-0.2, -0.15) is 0 Å². The standard InChI is InChI=1S/C10H14NO3P.C5H10NOP.CH4/c1-15(2)14-8-7-9-3-5-10(6-4-9)11(12)13;1-6-4-5-7-8(2)3;/h3-6H,7-8H2,1-2H3;4-5H2,2-3H3;1H4. The SMILES string of the molecule is C.CP(C)OCCc1ccc([N+](=O)[O-])cc1.[C-]#[N+]CCOP(C)C. The zero-order valence-electron chi connectivity index (χ0n) is 14.1. The molecule has 0 aliphatic heterocycles. The fraction of sp³-hybridized carbons (Fsp3) is 0.562.